The van der Waals surface area contributed by atoms with E-state index >= 15 is 0 Å². The molecule has 0 saturated carbocycles. The molecule has 0 amide bonds. The molecule has 0 bridgehead atoms. The fraction of sp³-hybridized carbons (Fsp3) is 0.471. The smallest absolute Gasteiger partial charge is 0.109 e. The third kappa shape index (κ3) is 3.06. The SMILES string of the molecule is CCCc1nc(C)c(-c2ccccc2)n1CC(C)C. The molecule has 0 atom stereocenters. The Labute approximate surface area is 116 Å². The molecule has 0 radical (unpaired) electrons. The lowest BCUT2D eigenvalue weighted by Gasteiger charge is -2.14. The van der Waals surface area contributed by atoms with E-state index in [1.54, 1.807) is 0 Å². The summed E-state index contributed by atoms with van der Waals surface area (Å²) in [6.07, 6.45) is 2.20. The highest BCUT2D eigenvalue weighted by molar-refractivity contribution is 5.62. The molecule has 0 aliphatic carbocycles. The van der Waals surface area contributed by atoms with Crippen LogP contribution in [0.25, 0.3) is 11.3 Å². The van der Waals surface area contributed by atoms with Crippen LogP contribution in [0.15, 0.2) is 30.3 Å². The summed E-state index contributed by atoms with van der Waals surface area (Å²) in [7, 11) is 0. The Morgan fingerprint density at radius 1 is 1.16 bits per heavy atom. The van der Waals surface area contributed by atoms with Crippen molar-refractivity contribution in [1.29, 1.82) is 0 Å². The topological polar surface area (TPSA) is 17.8 Å². The first-order valence-electron chi connectivity index (χ1n) is 7.24. The van der Waals surface area contributed by atoms with Crippen molar-refractivity contribution in [3.8, 4) is 11.3 Å². The largest absolute Gasteiger partial charge is 0.328 e. The first kappa shape index (κ1) is 13.9. The van der Waals surface area contributed by atoms with E-state index in [-0.39, 0.29) is 0 Å². The lowest BCUT2D eigenvalue weighted by molar-refractivity contribution is 0.508. The minimum Gasteiger partial charge on any atom is -0.328 e. The fourth-order valence-corrected chi connectivity index (χ4v) is 2.57. The van der Waals surface area contributed by atoms with Crippen LogP contribution in [0.5, 0.6) is 0 Å². The van der Waals surface area contributed by atoms with E-state index in [1.165, 1.54) is 17.1 Å². The number of aromatic nitrogens is 2. The highest BCUT2D eigenvalue weighted by atomic mass is 15.1. The minimum absolute atomic E-state index is 0.631. The van der Waals surface area contributed by atoms with Gasteiger partial charge >= 0.3 is 0 Å². The molecule has 0 N–H and O–H groups in total. The predicted molar refractivity (Wildman–Crippen MR) is 81.2 cm³/mol. The van der Waals surface area contributed by atoms with Crippen LogP contribution in [0, 0.1) is 12.8 Å². The van der Waals surface area contributed by atoms with Gasteiger partial charge in [-0.1, -0.05) is 51.1 Å². The van der Waals surface area contributed by atoms with E-state index < -0.39 is 0 Å². The standard InChI is InChI=1S/C17H24N2/c1-5-9-16-18-14(4)17(19(16)12-13(2)3)15-10-7-6-8-11-15/h6-8,10-11,13H,5,9,12H2,1-4H3. The molecule has 1 aromatic carbocycles. The second-order valence-electron chi connectivity index (χ2n) is 5.58. The summed E-state index contributed by atoms with van der Waals surface area (Å²) >= 11 is 0. The number of aryl methyl sites for hydroxylation is 2. The third-order valence-electron chi connectivity index (χ3n) is 3.29. The molecule has 2 rings (SSSR count). The number of rotatable bonds is 5. The molecule has 0 spiro atoms. The van der Waals surface area contributed by atoms with Crippen molar-refractivity contribution in [2.45, 2.75) is 47.1 Å². The molecule has 2 nitrogen and oxygen atoms in total. The van der Waals surface area contributed by atoms with Crippen molar-refractivity contribution in [1.82, 2.24) is 9.55 Å². The molecule has 0 aliphatic rings. The second kappa shape index (κ2) is 6.05. The van der Waals surface area contributed by atoms with E-state index in [1.807, 2.05) is 0 Å². The van der Waals surface area contributed by atoms with Crippen LogP contribution in [0.3, 0.4) is 0 Å². The maximum absolute atomic E-state index is 4.79. The highest BCUT2D eigenvalue weighted by Gasteiger charge is 2.15. The van der Waals surface area contributed by atoms with E-state index in [0.29, 0.717) is 5.92 Å². The lowest BCUT2D eigenvalue weighted by atomic mass is 10.1. The maximum atomic E-state index is 4.79. The summed E-state index contributed by atoms with van der Waals surface area (Å²) < 4.78 is 2.42. The zero-order valence-corrected chi connectivity index (χ0v) is 12.5. The summed E-state index contributed by atoms with van der Waals surface area (Å²) in [5, 5.41) is 0. The number of imidazole rings is 1. The molecule has 0 unspecified atom stereocenters. The van der Waals surface area contributed by atoms with Crippen molar-refractivity contribution < 1.29 is 0 Å². The van der Waals surface area contributed by atoms with Gasteiger partial charge in [-0.25, -0.2) is 4.98 Å². The second-order valence-corrected chi connectivity index (χ2v) is 5.58. The van der Waals surface area contributed by atoms with Crippen molar-refractivity contribution in [2.24, 2.45) is 5.92 Å². The molecule has 0 fully saturated rings. The van der Waals surface area contributed by atoms with E-state index in [9.17, 15) is 0 Å². The summed E-state index contributed by atoms with van der Waals surface area (Å²) in [5.74, 6) is 1.86. The Hall–Kier alpha value is -1.57. The highest BCUT2D eigenvalue weighted by Crippen LogP contribution is 2.26. The Morgan fingerprint density at radius 2 is 1.84 bits per heavy atom. The van der Waals surface area contributed by atoms with Crippen LogP contribution in [0.4, 0.5) is 0 Å². The van der Waals surface area contributed by atoms with Gasteiger partial charge in [-0.05, 0) is 19.3 Å². The number of hydrogen-bond acceptors (Lipinski definition) is 1. The minimum atomic E-state index is 0.631. The van der Waals surface area contributed by atoms with Crippen LogP contribution < -0.4 is 0 Å². The first-order chi connectivity index (χ1) is 9.13. The Bertz CT molecular complexity index is 524. The van der Waals surface area contributed by atoms with E-state index in [0.717, 1.165) is 25.1 Å². The van der Waals surface area contributed by atoms with Crippen molar-refractivity contribution in [2.75, 3.05) is 0 Å². The zero-order chi connectivity index (χ0) is 13.8. The zero-order valence-electron chi connectivity index (χ0n) is 12.5. The Balaban J connectivity index is 2.52. The van der Waals surface area contributed by atoms with Gasteiger partial charge < -0.3 is 4.57 Å². The molecule has 2 aromatic rings. The average molecular weight is 256 g/mol. The van der Waals surface area contributed by atoms with Crippen LogP contribution in [-0.4, -0.2) is 9.55 Å². The Kier molecular flexibility index (Phi) is 4.41. The maximum Gasteiger partial charge on any atom is 0.109 e. The summed E-state index contributed by atoms with van der Waals surface area (Å²) in [5.41, 5.74) is 3.71. The van der Waals surface area contributed by atoms with Crippen LogP contribution in [0.1, 0.15) is 38.7 Å². The summed E-state index contributed by atoms with van der Waals surface area (Å²) in [4.78, 5) is 4.79. The van der Waals surface area contributed by atoms with Crippen molar-refractivity contribution in [3.05, 3.63) is 41.9 Å². The van der Waals surface area contributed by atoms with Gasteiger partial charge in [-0.15, -0.1) is 0 Å². The van der Waals surface area contributed by atoms with Gasteiger partial charge in [0, 0.05) is 18.5 Å². The van der Waals surface area contributed by atoms with Gasteiger partial charge in [0.2, 0.25) is 0 Å². The molecule has 0 saturated heterocycles. The van der Waals surface area contributed by atoms with Gasteiger partial charge in [-0.2, -0.15) is 0 Å². The summed E-state index contributed by atoms with van der Waals surface area (Å²) in [6, 6.07) is 10.6. The van der Waals surface area contributed by atoms with Gasteiger partial charge in [0.15, 0.2) is 0 Å². The lowest BCUT2D eigenvalue weighted by Crippen LogP contribution is -2.10. The van der Waals surface area contributed by atoms with Crippen LogP contribution >= 0.6 is 0 Å². The van der Waals surface area contributed by atoms with Gasteiger partial charge in [0.25, 0.3) is 0 Å². The fourth-order valence-electron chi connectivity index (χ4n) is 2.57. The van der Waals surface area contributed by atoms with Crippen molar-refractivity contribution in [3.63, 3.8) is 0 Å². The molecule has 1 aromatic heterocycles. The molecule has 102 valence electrons. The number of benzene rings is 1. The van der Waals surface area contributed by atoms with Gasteiger partial charge in [0.05, 0.1) is 11.4 Å². The molecular weight excluding hydrogens is 232 g/mol. The Morgan fingerprint density at radius 3 is 2.42 bits per heavy atom. The molecule has 1 heterocycles. The number of hydrogen-bond donors (Lipinski definition) is 0. The monoisotopic (exact) mass is 256 g/mol. The normalized spacial score (nSPS) is 11.2. The van der Waals surface area contributed by atoms with E-state index in [2.05, 4.69) is 62.6 Å². The number of nitrogens with zero attached hydrogens (tertiary/aromatic N) is 2. The molecular formula is C17H24N2. The molecule has 0 aliphatic heterocycles. The molecule has 2 heteroatoms. The van der Waals surface area contributed by atoms with E-state index in [4.69, 9.17) is 4.98 Å². The third-order valence-corrected chi connectivity index (χ3v) is 3.29. The molecule has 19 heavy (non-hydrogen) atoms. The summed E-state index contributed by atoms with van der Waals surface area (Å²) in [6.45, 7) is 9.91. The van der Waals surface area contributed by atoms with Crippen LogP contribution in [-0.2, 0) is 13.0 Å². The quantitative estimate of drug-likeness (QED) is 0.772. The van der Waals surface area contributed by atoms with Crippen LogP contribution in [0.2, 0.25) is 0 Å². The van der Waals surface area contributed by atoms with Crippen molar-refractivity contribution >= 4 is 0 Å². The predicted octanol–water partition coefficient (Wildman–Crippen LogP) is 4.47. The van der Waals surface area contributed by atoms with Gasteiger partial charge in [0.1, 0.15) is 5.82 Å². The first-order valence-corrected chi connectivity index (χ1v) is 7.24. The average Bonchev–Trinajstić information content (AvgIpc) is 2.66. The van der Waals surface area contributed by atoms with Gasteiger partial charge in [-0.3, -0.25) is 0 Å².